The van der Waals surface area contributed by atoms with Crippen LogP contribution in [0.25, 0.3) is 16.3 Å². The van der Waals surface area contributed by atoms with Crippen LogP contribution in [0.5, 0.6) is 0 Å². The van der Waals surface area contributed by atoms with E-state index in [0.717, 1.165) is 11.3 Å². The molecule has 0 aliphatic carbocycles. The fourth-order valence-electron chi connectivity index (χ4n) is 1.87. The van der Waals surface area contributed by atoms with Crippen LogP contribution in [0.1, 0.15) is 12.6 Å². The van der Waals surface area contributed by atoms with E-state index >= 15 is 0 Å². The molecule has 2 rings (SSSR count). The summed E-state index contributed by atoms with van der Waals surface area (Å²) in [6, 6.07) is 10.3. The van der Waals surface area contributed by atoms with Gasteiger partial charge in [0.05, 0.1) is 5.69 Å². The van der Waals surface area contributed by atoms with Gasteiger partial charge in [0.2, 0.25) is 0 Å². The molecule has 1 aromatic heterocycles. The summed E-state index contributed by atoms with van der Waals surface area (Å²) in [7, 11) is 0. The highest BCUT2D eigenvalue weighted by atomic mass is 14.7. The van der Waals surface area contributed by atoms with Gasteiger partial charge in [-0.25, -0.2) is 0 Å². The Balaban J connectivity index is 2.69. The van der Waals surface area contributed by atoms with E-state index in [1.54, 1.807) is 6.08 Å². The molecular weight excluding hydrogens is 206 g/mol. The zero-order valence-electron chi connectivity index (χ0n) is 9.93. The molecule has 0 atom stereocenters. The van der Waals surface area contributed by atoms with Crippen LogP contribution in [0.15, 0.2) is 67.4 Å². The van der Waals surface area contributed by atoms with Gasteiger partial charge in [0.25, 0.3) is 0 Å². The molecule has 17 heavy (non-hydrogen) atoms. The summed E-state index contributed by atoms with van der Waals surface area (Å²) in [5, 5.41) is 2.37. The Hall–Kier alpha value is -2.15. The average Bonchev–Trinajstić information content (AvgIpc) is 2.38. The van der Waals surface area contributed by atoms with Crippen LogP contribution in [0.4, 0.5) is 0 Å². The summed E-state index contributed by atoms with van der Waals surface area (Å²) in [5.74, 6) is 0. The van der Waals surface area contributed by atoms with Crippen LogP contribution in [0.3, 0.4) is 0 Å². The number of allylic oxidation sites excluding steroid dienone is 5. The monoisotopic (exact) mass is 221 g/mol. The normalized spacial score (nSPS) is 12.2. The molecule has 0 amide bonds. The molecule has 1 aromatic carbocycles. The lowest BCUT2D eigenvalue weighted by Crippen LogP contribution is -1.88. The maximum atomic E-state index is 4.48. The van der Waals surface area contributed by atoms with Gasteiger partial charge >= 0.3 is 0 Å². The Labute approximate surface area is 102 Å². The van der Waals surface area contributed by atoms with E-state index in [0.29, 0.717) is 0 Å². The highest BCUT2D eigenvalue weighted by molar-refractivity contribution is 5.94. The van der Waals surface area contributed by atoms with Gasteiger partial charge in [0.15, 0.2) is 0 Å². The molecule has 0 fully saturated rings. The van der Waals surface area contributed by atoms with Gasteiger partial charge in [-0.15, -0.1) is 0 Å². The van der Waals surface area contributed by atoms with E-state index in [9.17, 15) is 0 Å². The molecule has 0 aliphatic heterocycles. The van der Waals surface area contributed by atoms with Crippen molar-refractivity contribution >= 4 is 16.3 Å². The second kappa shape index (κ2) is 5.26. The SMILES string of the molecule is C=C/C=C(\C=C/C)c1nccc2ccccc12. The topological polar surface area (TPSA) is 12.9 Å². The molecule has 0 bridgehead atoms. The van der Waals surface area contributed by atoms with Crippen LogP contribution < -0.4 is 0 Å². The van der Waals surface area contributed by atoms with Crippen molar-refractivity contribution in [2.75, 3.05) is 0 Å². The van der Waals surface area contributed by atoms with Gasteiger partial charge < -0.3 is 0 Å². The number of rotatable bonds is 3. The first-order chi connectivity index (χ1) is 8.36. The number of pyridine rings is 1. The predicted octanol–water partition coefficient (Wildman–Crippen LogP) is 4.38. The molecule has 0 N–H and O–H groups in total. The molecule has 1 heterocycles. The smallest absolute Gasteiger partial charge is 0.0780 e. The first kappa shape index (κ1) is 11.3. The highest BCUT2D eigenvalue weighted by Gasteiger charge is 2.04. The van der Waals surface area contributed by atoms with E-state index in [1.807, 2.05) is 43.5 Å². The quantitative estimate of drug-likeness (QED) is 0.701. The summed E-state index contributed by atoms with van der Waals surface area (Å²) >= 11 is 0. The number of hydrogen-bond donors (Lipinski definition) is 0. The summed E-state index contributed by atoms with van der Waals surface area (Å²) in [4.78, 5) is 4.48. The lowest BCUT2D eigenvalue weighted by atomic mass is 10.0. The Bertz CT molecular complexity index is 586. The molecule has 1 nitrogen and oxygen atoms in total. The van der Waals surface area contributed by atoms with Crippen LogP contribution in [-0.4, -0.2) is 4.98 Å². The van der Waals surface area contributed by atoms with E-state index in [-0.39, 0.29) is 0 Å². The maximum absolute atomic E-state index is 4.48. The standard InChI is InChI=1S/C16H15N/c1-3-7-14(8-4-2)16-15-10-6-5-9-13(15)11-12-17-16/h3-12H,1H2,2H3/b8-4-,14-7+. The first-order valence-corrected chi connectivity index (χ1v) is 5.66. The van der Waals surface area contributed by atoms with Gasteiger partial charge in [0, 0.05) is 17.2 Å². The van der Waals surface area contributed by atoms with Gasteiger partial charge in [-0.2, -0.15) is 0 Å². The lowest BCUT2D eigenvalue weighted by molar-refractivity contribution is 1.31. The van der Waals surface area contributed by atoms with E-state index in [2.05, 4.69) is 29.8 Å². The summed E-state index contributed by atoms with van der Waals surface area (Å²) in [6.07, 6.45) is 9.68. The van der Waals surface area contributed by atoms with Crippen LogP contribution in [0.2, 0.25) is 0 Å². The number of hydrogen-bond acceptors (Lipinski definition) is 1. The third-order valence-electron chi connectivity index (χ3n) is 2.59. The van der Waals surface area contributed by atoms with Crippen molar-refractivity contribution in [2.45, 2.75) is 6.92 Å². The van der Waals surface area contributed by atoms with Crippen LogP contribution in [0, 0.1) is 0 Å². The molecule has 0 saturated heterocycles. The Morgan fingerprint density at radius 3 is 2.82 bits per heavy atom. The number of aromatic nitrogens is 1. The van der Waals surface area contributed by atoms with Gasteiger partial charge in [0.1, 0.15) is 0 Å². The fourth-order valence-corrected chi connectivity index (χ4v) is 1.87. The summed E-state index contributed by atoms with van der Waals surface area (Å²) < 4.78 is 0. The van der Waals surface area contributed by atoms with Gasteiger partial charge in [-0.1, -0.05) is 55.1 Å². The molecule has 84 valence electrons. The molecule has 0 aliphatic rings. The van der Waals surface area contributed by atoms with E-state index < -0.39 is 0 Å². The number of benzene rings is 1. The summed E-state index contributed by atoms with van der Waals surface area (Å²) in [5.41, 5.74) is 2.08. The first-order valence-electron chi connectivity index (χ1n) is 5.66. The zero-order chi connectivity index (χ0) is 12.1. The van der Waals surface area contributed by atoms with Crippen molar-refractivity contribution in [3.63, 3.8) is 0 Å². The van der Waals surface area contributed by atoms with Crippen LogP contribution >= 0.6 is 0 Å². The van der Waals surface area contributed by atoms with Crippen molar-refractivity contribution in [1.82, 2.24) is 4.98 Å². The van der Waals surface area contributed by atoms with Crippen molar-refractivity contribution in [3.05, 3.63) is 73.1 Å². The zero-order valence-corrected chi connectivity index (χ0v) is 9.93. The Morgan fingerprint density at radius 2 is 2.06 bits per heavy atom. The molecule has 0 unspecified atom stereocenters. The number of fused-ring (bicyclic) bond motifs is 1. The van der Waals surface area contributed by atoms with Crippen molar-refractivity contribution in [2.24, 2.45) is 0 Å². The predicted molar refractivity (Wildman–Crippen MR) is 74.7 cm³/mol. The van der Waals surface area contributed by atoms with Gasteiger partial charge in [-0.05, 0) is 18.4 Å². The molecule has 0 radical (unpaired) electrons. The molecule has 2 aromatic rings. The van der Waals surface area contributed by atoms with Crippen molar-refractivity contribution < 1.29 is 0 Å². The van der Waals surface area contributed by atoms with Crippen molar-refractivity contribution in [1.29, 1.82) is 0 Å². The maximum Gasteiger partial charge on any atom is 0.0780 e. The lowest BCUT2D eigenvalue weighted by Gasteiger charge is -2.05. The second-order valence-corrected chi connectivity index (χ2v) is 3.74. The minimum Gasteiger partial charge on any atom is -0.256 e. The third kappa shape index (κ3) is 2.34. The highest BCUT2D eigenvalue weighted by Crippen LogP contribution is 2.23. The largest absolute Gasteiger partial charge is 0.256 e. The molecule has 0 spiro atoms. The third-order valence-corrected chi connectivity index (χ3v) is 2.59. The second-order valence-electron chi connectivity index (χ2n) is 3.74. The molecule has 0 saturated carbocycles. The number of nitrogens with zero attached hydrogens (tertiary/aromatic N) is 1. The molecular formula is C16H15N. The Kier molecular flexibility index (Phi) is 3.51. The fraction of sp³-hybridized carbons (Fsp3) is 0.0625. The van der Waals surface area contributed by atoms with Crippen molar-refractivity contribution in [3.8, 4) is 0 Å². The summed E-state index contributed by atoms with van der Waals surface area (Å²) in [6.45, 7) is 5.75. The minimum atomic E-state index is 1.00. The Morgan fingerprint density at radius 1 is 1.24 bits per heavy atom. The molecule has 1 heteroatoms. The average molecular weight is 221 g/mol. The van der Waals surface area contributed by atoms with Crippen LogP contribution in [-0.2, 0) is 0 Å². The van der Waals surface area contributed by atoms with Gasteiger partial charge in [-0.3, -0.25) is 4.98 Å². The minimum absolute atomic E-state index is 1.00. The van der Waals surface area contributed by atoms with E-state index in [1.165, 1.54) is 10.8 Å². The van der Waals surface area contributed by atoms with E-state index in [4.69, 9.17) is 0 Å².